The van der Waals surface area contributed by atoms with Crippen LogP contribution < -0.4 is 4.90 Å². The second-order valence-corrected chi connectivity index (χ2v) is 6.16. The lowest BCUT2D eigenvalue weighted by Gasteiger charge is -2.25. The maximum Gasteiger partial charge on any atom is 0.0645 e. The highest BCUT2D eigenvalue weighted by molar-refractivity contribution is 5.49. The molecule has 0 amide bonds. The second kappa shape index (κ2) is 11.3. The van der Waals surface area contributed by atoms with Gasteiger partial charge in [-0.05, 0) is 42.5 Å². The summed E-state index contributed by atoms with van der Waals surface area (Å²) in [7, 11) is 0. The lowest BCUT2D eigenvalue weighted by atomic mass is 10.1. The molecule has 0 unspecified atom stereocenters. The van der Waals surface area contributed by atoms with E-state index in [4.69, 9.17) is 10.00 Å². The molecular weight excluding hydrogens is 308 g/mol. The third kappa shape index (κ3) is 6.99. The molecule has 0 aliphatic carbocycles. The van der Waals surface area contributed by atoms with Gasteiger partial charge in [-0.2, -0.15) is 5.26 Å². The van der Waals surface area contributed by atoms with Crippen molar-refractivity contribution in [1.29, 1.82) is 5.26 Å². The highest BCUT2D eigenvalue weighted by Crippen LogP contribution is 2.20. The molecule has 0 spiro atoms. The standard InChI is InChI=1S/C22H28N2O/c1-2-20-12-8-13-22(18-20)24(19-21-10-4-3-5-11-21)15-6-7-16-25-17-9-14-23/h3-5,8,10-13,18H,2,6-7,9,15-17,19H2,1H3. The molecule has 2 aromatic carbocycles. The van der Waals surface area contributed by atoms with E-state index in [0.717, 1.165) is 39.0 Å². The number of ether oxygens (including phenoxy) is 1. The first-order valence-electron chi connectivity index (χ1n) is 9.16. The van der Waals surface area contributed by atoms with Crippen LogP contribution in [0.1, 0.15) is 37.3 Å². The van der Waals surface area contributed by atoms with Crippen molar-refractivity contribution in [3.8, 4) is 6.07 Å². The van der Waals surface area contributed by atoms with Crippen LogP contribution in [0.5, 0.6) is 0 Å². The van der Waals surface area contributed by atoms with Crippen molar-refractivity contribution < 1.29 is 4.74 Å². The van der Waals surface area contributed by atoms with E-state index in [9.17, 15) is 0 Å². The average molecular weight is 336 g/mol. The van der Waals surface area contributed by atoms with Crippen LogP contribution in [0.3, 0.4) is 0 Å². The Kier molecular flexibility index (Phi) is 8.58. The predicted molar refractivity (Wildman–Crippen MR) is 104 cm³/mol. The number of anilines is 1. The fourth-order valence-corrected chi connectivity index (χ4v) is 2.80. The van der Waals surface area contributed by atoms with Gasteiger partial charge in [0, 0.05) is 25.4 Å². The van der Waals surface area contributed by atoms with Crippen molar-refractivity contribution in [3.05, 3.63) is 65.7 Å². The fourth-order valence-electron chi connectivity index (χ4n) is 2.80. The monoisotopic (exact) mass is 336 g/mol. The first-order valence-corrected chi connectivity index (χ1v) is 9.16. The van der Waals surface area contributed by atoms with Crippen LogP contribution in [-0.4, -0.2) is 19.8 Å². The Labute approximate surface area is 151 Å². The van der Waals surface area contributed by atoms with Crippen LogP contribution in [0.4, 0.5) is 5.69 Å². The number of hydrogen-bond acceptors (Lipinski definition) is 3. The van der Waals surface area contributed by atoms with E-state index in [1.54, 1.807) is 0 Å². The minimum atomic E-state index is 0.476. The van der Waals surface area contributed by atoms with Gasteiger partial charge in [-0.15, -0.1) is 0 Å². The Hall–Kier alpha value is -2.31. The van der Waals surface area contributed by atoms with E-state index >= 15 is 0 Å². The maximum absolute atomic E-state index is 8.51. The first-order chi connectivity index (χ1) is 12.3. The predicted octanol–water partition coefficient (Wildman–Crippen LogP) is 4.97. The van der Waals surface area contributed by atoms with Crippen molar-refractivity contribution in [2.45, 2.75) is 39.2 Å². The summed E-state index contributed by atoms with van der Waals surface area (Å²) in [5.74, 6) is 0. The summed E-state index contributed by atoms with van der Waals surface area (Å²) < 4.78 is 5.48. The molecule has 2 rings (SSSR count). The largest absolute Gasteiger partial charge is 0.380 e. The van der Waals surface area contributed by atoms with E-state index in [1.807, 2.05) is 0 Å². The summed E-state index contributed by atoms with van der Waals surface area (Å²) in [6, 6.07) is 21.6. The van der Waals surface area contributed by atoms with Crippen molar-refractivity contribution in [3.63, 3.8) is 0 Å². The Morgan fingerprint density at radius 1 is 0.960 bits per heavy atom. The molecule has 0 aliphatic heterocycles. The SMILES string of the molecule is CCc1cccc(N(CCCCOCCC#N)Cc2ccccc2)c1. The van der Waals surface area contributed by atoms with Gasteiger partial charge >= 0.3 is 0 Å². The Balaban J connectivity index is 1.93. The first kappa shape index (κ1) is 19.0. The zero-order valence-corrected chi connectivity index (χ0v) is 15.2. The third-order valence-corrected chi connectivity index (χ3v) is 4.23. The van der Waals surface area contributed by atoms with Gasteiger partial charge in [-0.3, -0.25) is 0 Å². The minimum Gasteiger partial charge on any atom is -0.380 e. The van der Waals surface area contributed by atoms with Gasteiger partial charge in [-0.1, -0.05) is 49.4 Å². The van der Waals surface area contributed by atoms with Crippen LogP contribution in [0.2, 0.25) is 0 Å². The molecule has 132 valence electrons. The summed E-state index contributed by atoms with van der Waals surface area (Å²) in [5, 5.41) is 8.51. The number of nitrogens with zero attached hydrogens (tertiary/aromatic N) is 2. The minimum absolute atomic E-state index is 0.476. The number of nitriles is 1. The molecule has 25 heavy (non-hydrogen) atoms. The zero-order valence-electron chi connectivity index (χ0n) is 15.2. The zero-order chi connectivity index (χ0) is 17.7. The summed E-state index contributed by atoms with van der Waals surface area (Å²) in [6.45, 7) is 5.39. The van der Waals surface area contributed by atoms with Crippen molar-refractivity contribution in [2.24, 2.45) is 0 Å². The van der Waals surface area contributed by atoms with Gasteiger partial charge in [0.15, 0.2) is 0 Å². The lowest BCUT2D eigenvalue weighted by molar-refractivity contribution is 0.136. The Morgan fingerprint density at radius 2 is 1.76 bits per heavy atom. The van der Waals surface area contributed by atoms with E-state index in [0.29, 0.717) is 13.0 Å². The van der Waals surface area contributed by atoms with Crippen molar-refractivity contribution in [1.82, 2.24) is 0 Å². The quantitative estimate of drug-likeness (QED) is 0.544. The molecule has 3 nitrogen and oxygen atoms in total. The third-order valence-electron chi connectivity index (χ3n) is 4.23. The van der Waals surface area contributed by atoms with Gasteiger partial charge in [0.1, 0.15) is 0 Å². The highest BCUT2D eigenvalue weighted by Gasteiger charge is 2.08. The smallest absolute Gasteiger partial charge is 0.0645 e. The van der Waals surface area contributed by atoms with Gasteiger partial charge < -0.3 is 9.64 Å². The van der Waals surface area contributed by atoms with Gasteiger partial charge in [0.25, 0.3) is 0 Å². The molecule has 0 radical (unpaired) electrons. The molecule has 0 N–H and O–H groups in total. The van der Waals surface area contributed by atoms with Crippen molar-refractivity contribution in [2.75, 3.05) is 24.7 Å². The van der Waals surface area contributed by atoms with Crippen LogP contribution in [-0.2, 0) is 17.7 Å². The molecule has 0 fully saturated rings. The van der Waals surface area contributed by atoms with E-state index in [1.165, 1.54) is 16.8 Å². The van der Waals surface area contributed by atoms with E-state index in [-0.39, 0.29) is 0 Å². The molecule has 0 saturated carbocycles. The Morgan fingerprint density at radius 3 is 2.52 bits per heavy atom. The molecule has 2 aromatic rings. The van der Waals surface area contributed by atoms with E-state index in [2.05, 4.69) is 72.5 Å². The molecule has 0 heterocycles. The van der Waals surface area contributed by atoms with Crippen LogP contribution in [0, 0.1) is 11.3 Å². The van der Waals surface area contributed by atoms with Crippen molar-refractivity contribution >= 4 is 5.69 Å². The summed E-state index contributed by atoms with van der Waals surface area (Å²) >= 11 is 0. The number of aryl methyl sites for hydroxylation is 1. The molecule has 0 atom stereocenters. The maximum atomic E-state index is 8.51. The number of hydrogen-bond donors (Lipinski definition) is 0. The number of unbranched alkanes of at least 4 members (excludes halogenated alkanes) is 1. The molecule has 0 aromatic heterocycles. The molecule has 3 heteroatoms. The van der Waals surface area contributed by atoms with E-state index < -0.39 is 0 Å². The van der Waals surface area contributed by atoms with Crippen LogP contribution in [0.25, 0.3) is 0 Å². The molecular formula is C22H28N2O. The molecule has 0 saturated heterocycles. The normalized spacial score (nSPS) is 10.4. The van der Waals surface area contributed by atoms with Gasteiger partial charge in [-0.25, -0.2) is 0 Å². The summed E-state index contributed by atoms with van der Waals surface area (Å²) in [4.78, 5) is 2.45. The highest BCUT2D eigenvalue weighted by atomic mass is 16.5. The van der Waals surface area contributed by atoms with Gasteiger partial charge in [0.2, 0.25) is 0 Å². The summed E-state index contributed by atoms with van der Waals surface area (Å²) in [5.41, 5.74) is 3.98. The topological polar surface area (TPSA) is 36.3 Å². The van der Waals surface area contributed by atoms with Crippen LogP contribution in [0.15, 0.2) is 54.6 Å². The fraction of sp³-hybridized carbons (Fsp3) is 0.409. The number of rotatable bonds is 11. The van der Waals surface area contributed by atoms with Crippen LogP contribution >= 0.6 is 0 Å². The van der Waals surface area contributed by atoms with Gasteiger partial charge in [0.05, 0.1) is 19.1 Å². The average Bonchev–Trinajstić information content (AvgIpc) is 2.67. The molecule has 0 bridgehead atoms. The summed E-state index contributed by atoms with van der Waals surface area (Å²) in [6.07, 6.45) is 3.63. The molecule has 0 aliphatic rings. The Bertz CT molecular complexity index is 649. The lowest BCUT2D eigenvalue weighted by Crippen LogP contribution is -2.24. The second-order valence-electron chi connectivity index (χ2n) is 6.16. The number of benzene rings is 2.